The Morgan fingerprint density at radius 2 is 2.29 bits per heavy atom. The molecule has 0 amide bonds. The summed E-state index contributed by atoms with van der Waals surface area (Å²) in [6.07, 6.45) is 3.23. The molecular formula is C12H12O2. The molecule has 1 aromatic carbocycles. The molecule has 0 saturated heterocycles. The van der Waals surface area contributed by atoms with E-state index in [1.807, 2.05) is 12.1 Å². The van der Waals surface area contributed by atoms with Crippen molar-refractivity contribution in [2.45, 2.75) is 19.8 Å². The lowest BCUT2D eigenvalue weighted by molar-refractivity contribution is -0.129. The van der Waals surface area contributed by atoms with Crippen LogP contribution in [0.1, 0.15) is 16.7 Å². The van der Waals surface area contributed by atoms with Gasteiger partial charge in [0.25, 0.3) is 0 Å². The van der Waals surface area contributed by atoms with Crippen molar-refractivity contribution in [3.63, 3.8) is 0 Å². The maximum atomic E-state index is 11.0. The molecule has 2 rings (SSSR count). The van der Waals surface area contributed by atoms with Crippen molar-refractivity contribution >= 4 is 5.97 Å². The van der Waals surface area contributed by atoms with Crippen molar-refractivity contribution in [3.05, 3.63) is 41.5 Å². The average molecular weight is 188 g/mol. The first kappa shape index (κ1) is 9.00. The van der Waals surface area contributed by atoms with E-state index in [0.29, 0.717) is 5.75 Å². The Balaban J connectivity index is 2.34. The Labute approximate surface area is 83.2 Å². The highest BCUT2D eigenvalue weighted by Gasteiger charge is 2.18. The Kier molecular flexibility index (Phi) is 2.12. The Morgan fingerprint density at radius 3 is 3.00 bits per heavy atom. The molecule has 0 radical (unpaired) electrons. The van der Waals surface area contributed by atoms with Gasteiger partial charge in [-0.2, -0.15) is 0 Å². The summed E-state index contributed by atoms with van der Waals surface area (Å²) in [5.74, 6) is 0.300. The van der Waals surface area contributed by atoms with Crippen LogP contribution in [0.2, 0.25) is 0 Å². The maximum Gasteiger partial charge on any atom is 0.335 e. The first-order valence-electron chi connectivity index (χ1n) is 4.68. The minimum Gasteiger partial charge on any atom is -0.423 e. The van der Waals surface area contributed by atoms with E-state index in [9.17, 15) is 4.79 Å². The SMILES string of the molecule is C=CC(=O)Oc1ccc2c(C)c1CC2. The van der Waals surface area contributed by atoms with Gasteiger partial charge in [-0.05, 0) is 42.5 Å². The molecule has 0 N–H and O–H groups in total. The predicted octanol–water partition coefficient (Wildman–Crippen LogP) is 2.19. The molecule has 0 spiro atoms. The molecule has 0 fully saturated rings. The van der Waals surface area contributed by atoms with Crippen LogP contribution in [0.25, 0.3) is 0 Å². The van der Waals surface area contributed by atoms with Gasteiger partial charge in [0, 0.05) is 6.08 Å². The third-order valence-electron chi connectivity index (χ3n) is 2.69. The van der Waals surface area contributed by atoms with Gasteiger partial charge in [-0.15, -0.1) is 0 Å². The summed E-state index contributed by atoms with van der Waals surface area (Å²) in [5.41, 5.74) is 3.79. The van der Waals surface area contributed by atoms with Gasteiger partial charge in [0.1, 0.15) is 5.75 Å². The molecule has 1 aromatic rings. The zero-order valence-electron chi connectivity index (χ0n) is 8.17. The molecule has 0 saturated carbocycles. The predicted molar refractivity (Wildman–Crippen MR) is 54.4 cm³/mol. The molecule has 2 heteroatoms. The van der Waals surface area contributed by atoms with E-state index in [0.717, 1.165) is 18.4 Å². The molecule has 1 aliphatic rings. The van der Waals surface area contributed by atoms with E-state index in [1.165, 1.54) is 17.2 Å². The summed E-state index contributed by atoms with van der Waals surface area (Å²) < 4.78 is 5.14. The second-order valence-corrected chi connectivity index (χ2v) is 3.45. The molecule has 2 nitrogen and oxygen atoms in total. The van der Waals surface area contributed by atoms with Crippen molar-refractivity contribution < 1.29 is 9.53 Å². The van der Waals surface area contributed by atoms with Crippen molar-refractivity contribution in [2.24, 2.45) is 0 Å². The van der Waals surface area contributed by atoms with Crippen LogP contribution < -0.4 is 4.74 Å². The molecule has 0 heterocycles. The van der Waals surface area contributed by atoms with Crippen LogP contribution in [0.15, 0.2) is 24.8 Å². The monoisotopic (exact) mass is 188 g/mol. The maximum absolute atomic E-state index is 11.0. The molecule has 0 aliphatic heterocycles. The lowest BCUT2D eigenvalue weighted by Crippen LogP contribution is -2.04. The van der Waals surface area contributed by atoms with Crippen molar-refractivity contribution in [1.29, 1.82) is 0 Å². The molecule has 0 atom stereocenters. The lowest BCUT2D eigenvalue weighted by atomic mass is 10.1. The van der Waals surface area contributed by atoms with Crippen LogP contribution in [-0.4, -0.2) is 5.97 Å². The smallest absolute Gasteiger partial charge is 0.335 e. The van der Waals surface area contributed by atoms with E-state index >= 15 is 0 Å². The molecule has 1 aliphatic carbocycles. The number of ether oxygens (including phenoxy) is 1. The van der Waals surface area contributed by atoms with Crippen molar-refractivity contribution in [3.8, 4) is 5.75 Å². The third-order valence-corrected chi connectivity index (χ3v) is 2.69. The molecular weight excluding hydrogens is 176 g/mol. The van der Waals surface area contributed by atoms with Crippen LogP contribution in [0, 0.1) is 6.92 Å². The van der Waals surface area contributed by atoms with E-state index in [4.69, 9.17) is 4.74 Å². The van der Waals surface area contributed by atoms with E-state index in [2.05, 4.69) is 13.5 Å². The van der Waals surface area contributed by atoms with Crippen LogP contribution in [-0.2, 0) is 17.6 Å². The first-order chi connectivity index (χ1) is 6.72. The minimum atomic E-state index is -0.389. The molecule has 72 valence electrons. The summed E-state index contributed by atoms with van der Waals surface area (Å²) >= 11 is 0. The zero-order chi connectivity index (χ0) is 10.1. The van der Waals surface area contributed by atoms with Gasteiger partial charge in [0.2, 0.25) is 0 Å². The average Bonchev–Trinajstić information content (AvgIpc) is 2.43. The van der Waals surface area contributed by atoms with Crippen LogP contribution >= 0.6 is 0 Å². The number of carbonyl (C=O) groups is 1. The summed E-state index contributed by atoms with van der Waals surface area (Å²) in [7, 11) is 0. The van der Waals surface area contributed by atoms with Crippen LogP contribution in [0.5, 0.6) is 5.75 Å². The Morgan fingerprint density at radius 1 is 1.50 bits per heavy atom. The standard InChI is InChI=1S/C12H12O2/c1-3-12(13)14-11-7-5-9-4-6-10(11)8(9)2/h3,5,7H,1,4,6H2,2H3. The highest BCUT2D eigenvalue weighted by Crippen LogP contribution is 2.32. The Hall–Kier alpha value is -1.57. The zero-order valence-corrected chi connectivity index (χ0v) is 8.17. The summed E-state index contributed by atoms with van der Waals surface area (Å²) in [6.45, 7) is 5.45. The largest absolute Gasteiger partial charge is 0.423 e. The van der Waals surface area contributed by atoms with Crippen molar-refractivity contribution in [1.82, 2.24) is 0 Å². The quantitative estimate of drug-likeness (QED) is 0.404. The van der Waals surface area contributed by atoms with E-state index in [1.54, 1.807) is 0 Å². The fourth-order valence-corrected chi connectivity index (χ4v) is 1.87. The molecule has 0 aromatic heterocycles. The highest BCUT2D eigenvalue weighted by molar-refractivity contribution is 5.83. The van der Waals surface area contributed by atoms with Gasteiger partial charge >= 0.3 is 5.97 Å². The number of aryl methyl sites for hydroxylation is 1. The number of fused-ring (bicyclic) bond motifs is 2. The minimum absolute atomic E-state index is 0.389. The van der Waals surface area contributed by atoms with Gasteiger partial charge in [0.05, 0.1) is 0 Å². The second-order valence-electron chi connectivity index (χ2n) is 3.45. The van der Waals surface area contributed by atoms with Gasteiger partial charge in [-0.3, -0.25) is 0 Å². The van der Waals surface area contributed by atoms with Crippen LogP contribution in [0.3, 0.4) is 0 Å². The van der Waals surface area contributed by atoms with Gasteiger partial charge in [-0.25, -0.2) is 4.79 Å². The van der Waals surface area contributed by atoms with Gasteiger partial charge in [-0.1, -0.05) is 12.6 Å². The van der Waals surface area contributed by atoms with Gasteiger partial charge < -0.3 is 4.74 Å². The normalized spacial score (nSPS) is 12.6. The first-order valence-corrected chi connectivity index (χ1v) is 4.68. The molecule has 2 bridgehead atoms. The number of esters is 1. The Bertz CT molecular complexity index is 405. The number of hydrogen-bond donors (Lipinski definition) is 0. The summed E-state index contributed by atoms with van der Waals surface area (Å²) in [4.78, 5) is 11.0. The number of benzene rings is 1. The molecule has 14 heavy (non-hydrogen) atoms. The number of carbonyl (C=O) groups excluding carboxylic acids is 1. The fourth-order valence-electron chi connectivity index (χ4n) is 1.87. The summed E-state index contributed by atoms with van der Waals surface area (Å²) in [6, 6.07) is 3.89. The number of hydrogen-bond acceptors (Lipinski definition) is 2. The van der Waals surface area contributed by atoms with Crippen LogP contribution in [0.4, 0.5) is 0 Å². The third kappa shape index (κ3) is 1.33. The van der Waals surface area contributed by atoms with Gasteiger partial charge in [0.15, 0.2) is 0 Å². The second kappa shape index (κ2) is 3.29. The lowest BCUT2D eigenvalue weighted by Gasteiger charge is -2.06. The topological polar surface area (TPSA) is 26.3 Å². The van der Waals surface area contributed by atoms with Crippen molar-refractivity contribution in [2.75, 3.05) is 0 Å². The fraction of sp³-hybridized carbons (Fsp3) is 0.250. The molecule has 0 unspecified atom stereocenters. The highest BCUT2D eigenvalue weighted by atomic mass is 16.5. The van der Waals surface area contributed by atoms with E-state index in [-0.39, 0.29) is 5.97 Å². The number of rotatable bonds is 2. The van der Waals surface area contributed by atoms with E-state index < -0.39 is 0 Å². The summed E-state index contributed by atoms with van der Waals surface area (Å²) in [5, 5.41) is 0.